The van der Waals surface area contributed by atoms with Crippen molar-refractivity contribution < 1.29 is 9.13 Å². The first-order chi connectivity index (χ1) is 12.9. The first-order valence-corrected chi connectivity index (χ1v) is 9.78. The van der Waals surface area contributed by atoms with Gasteiger partial charge in [0, 0.05) is 26.2 Å². The van der Waals surface area contributed by atoms with E-state index in [9.17, 15) is 4.39 Å². The highest BCUT2D eigenvalue weighted by Gasteiger charge is 2.20. The van der Waals surface area contributed by atoms with E-state index in [1.807, 2.05) is 23.9 Å². The van der Waals surface area contributed by atoms with E-state index in [0.717, 1.165) is 35.9 Å². The van der Waals surface area contributed by atoms with Crippen LogP contribution in [0, 0.1) is 16.5 Å². The summed E-state index contributed by atoms with van der Waals surface area (Å²) in [6.45, 7) is 9.58. The molecule has 27 heavy (non-hydrogen) atoms. The number of hydrogen-bond acceptors (Lipinski definition) is 5. The minimum Gasteiger partial charge on any atom is -0.378 e. The molecule has 0 atom stereocenters. The quantitative estimate of drug-likeness (QED) is 0.676. The van der Waals surface area contributed by atoms with E-state index in [1.54, 1.807) is 0 Å². The van der Waals surface area contributed by atoms with Gasteiger partial charge in [-0.25, -0.2) is 9.07 Å². The maximum atomic E-state index is 13.1. The summed E-state index contributed by atoms with van der Waals surface area (Å²) in [5.41, 5.74) is 1.06. The van der Waals surface area contributed by atoms with Crippen LogP contribution in [0.4, 0.5) is 10.3 Å². The second-order valence-electron chi connectivity index (χ2n) is 7.47. The molecule has 2 aromatic rings. The number of anilines is 1. The molecule has 148 valence electrons. The summed E-state index contributed by atoms with van der Waals surface area (Å²) >= 11 is 5.73. The van der Waals surface area contributed by atoms with Crippen molar-refractivity contribution in [3.8, 4) is 0 Å². The molecule has 0 bridgehead atoms. The molecule has 0 N–H and O–H groups in total. The minimum absolute atomic E-state index is 0.216. The van der Waals surface area contributed by atoms with Crippen LogP contribution in [-0.2, 0) is 24.5 Å². The lowest BCUT2D eigenvalue weighted by Crippen LogP contribution is -2.38. The van der Waals surface area contributed by atoms with Crippen LogP contribution < -0.4 is 4.90 Å². The third-order valence-corrected chi connectivity index (χ3v) is 4.92. The summed E-state index contributed by atoms with van der Waals surface area (Å²) in [4.78, 5) is 4.37. The van der Waals surface area contributed by atoms with Gasteiger partial charge in [0.1, 0.15) is 5.82 Å². The Hall–Kier alpha value is -1.77. The fourth-order valence-corrected chi connectivity index (χ4v) is 3.48. The lowest BCUT2D eigenvalue weighted by atomic mass is 10.2. The van der Waals surface area contributed by atoms with E-state index in [1.165, 1.54) is 12.1 Å². The second-order valence-corrected chi connectivity index (χ2v) is 7.83. The SMILES string of the molecule is CC(C)Cn1c(N2CCOCC2)nn(CN(C)Cc2ccc(F)cc2)c1=S. The molecule has 1 aliphatic heterocycles. The highest BCUT2D eigenvalue weighted by Crippen LogP contribution is 2.18. The molecule has 8 heteroatoms. The lowest BCUT2D eigenvalue weighted by molar-refractivity contribution is 0.121. The van der Waals surface area contributed by atoms with Crippen LogP contribution in [0.2, 0.25) is 0 Å². The highest BCUT2D eigenvalue weighted by molar-refractivity contribution is 7.71. The van der Waals surface area contributed by atoms with Crippen molar-refractivity contribution in [3.05, 3.63) is 40.4 Å². The topological polar surface area (TPSA) is 38.5 Å². The van der Waals surface area contributed by atoms with Gasteiger partial charge in [-0.3, -0.25) is 9.47 Å². The van der Waals surface area contributed by atoms with Gasteiger partial charge in [-0.1, -0.05) is 26.0 Å². The first kappa shape index (κ1) is 20.0. The molecule has 1 fully saturated rings. The summed E-state index contributed by atoms with van der Waals surface area (Å²) in [7, 11) is 2.01. The molecule has 0 unspecified atom stereocenters. The number of benzene rings is 1. The van der Waals surface area contributed by atoms with Crippen molar-refractivity contribution in [1.82, 2.24) is 19.2 Å². The zero-order chi connectivity index (χ0) is 19.4. The third kappa shape index (κ3) is 5.15. The second kappa shape index (κ2) is 8.95. The predicted octanol–water partition coefficient (Wildman–Crippen LogP) is 3.14. The Morgan fingerprint density at radius 1 is 1.22 bits per heavy atom. The van der Waals surface area contributed by atoms with Gasteiger partial charge >= 0.3 is 0 Å². The van der Waals surface area contributed by atoms with Crippen molar-refractivity contribution in [2.24, 2.45) is 5.92 Å². The van der Waals surface area contributed by atoms with Crippen LogP contribution in [-0.4, -0.2) is 52.6 Å². The Labute approximate surface area is 165 Å². The van der Waals surface area contributed by atoms with Crippen LogP contribution in [0.5, 0.6) is 0 Å². The number of morpholine rings is 1. The summed E-state index contributed by atoms with van der Waals surface area (Å²) in [5.74, 6) is 1.18. The molecular weight excluding hydrogens is 365 g/mol. The van der Waals surface area contributed by atoms with Gasteiger partial charge in [0.25, 0.3) is 0 Å². The molecule has 1 aliphatic rings. The Bertz CT molecular complexity index is 795. The third-order valence-electron chi connectivity index (χ3n) is 4.49. The molecule has 1 saturated heterocycles. The molecule has 0 saturated carbocycles. The number of halogens is 1. The highest BCUT2D eigenvalue weighted by atomic mass is 32.1. The number of ether oxygens (including phenoxy) is 1. The van der Waals surface area contributed by atoms with Crippen LogP contribution in [0.3, 0.4) is 0 Å². The molecule has 6 nitrogen and oxygen atoms in total. The van der Waals surface area contributed by atoms with Crippen molar-refractivity contribution in [2.45, 2.75) is 33.6 Å². The van der Waals surface area contributed by atoms with Gasteiger partial charge in [0.05, 0.1) is 19.9 Å². The van der Waals surface area contributed by atoms with E-state index >= 15 is 0 Å². The van der Waals surface area contributed by atoms with Crippen LogP contribution >= 0.6 is 12.2 Å². The molecule has 2 heterocycles. The van der Waals surface area contributed by atoms with Crippen LogP contribution in [0.1, 0.15) is 19.4 Å². The molecule has 0 aliphatic carbocycles. The summed E-state index contributed by atoms with van der Waals surface area (Å²) < 4.78 is 23.3. The fourth-order valence-electron chi connectivity index (χ4n) is 3.22. The van der Waals surface area contributed by atoms with E-state index in [4.69, 9.17) is 22.1 Å². The fraction of sp³-hybridized carbons (Fsp3) is 0.579. The number of nitrogens with zero attached hydrogens (tertiary/aromatic N) is 5. The van der Waals surface area contributed by atoms with Crippen molar-refractivity contribution >= 4 is 18.2 Å². The maximum Gasteiger partial charge on any atom is 0.226 e. The van der Waals surface area contributed by atoms with Gasteiger partial charge in [0.15, 0.2) is 0 Å². The zero-order valence-electron chi connectivity index (χ0n) is 16.3. The van der Waals surface area contributed by atoms with Crippen molar-refractivity contribution in [1.29, 1.82) is 0 Å². The summed E-state index contributed by atoms with van der Waals surface area (Å²) in [6, 6.07) is 6.59. The van der Waals surface area contributed by atoms with E-state index in [2.05, 4.69) is 28.2 Å². The molecule has 3 rings (SSSR count). The van der Waals surface area contributed by atoms with E-state index in [0.29, 0.717) is 32.3 Å². The van der Waals surface area contributed by atoms with E-state index < -0.39 is 0 Å². The monoisotopic (exact) mass is 393 g/mol. The number of rotatable bonds is 7. The number of aromatic nitrogens is 3. The molecule has 1 aromatic carbocycles. The average molecular weight is 394 g/mol. The summed E-state index contributed by atoms with van der Waals surface area (Å²) in [5, 5.41) is 4.83. The molecule has 0 radical (unpaired) electrons. The van der Waals surface area contributed by atoms with Crippen molar-refractivity contribution in [3.63, 3.8) is 0 Å². The predicted molar refractivity (Wildman–Crippen MR) is 107 cm³/mol. The van der Waals surface area contributed by atoms with Gasteiger partial charge in [0.2, 0.25) is 10.7 Å². The van der Waals surface area contributed by atoms with Gasteiger partial charge < -0.3 is 9.64 Å². The lowest BCUT2D eigenvalue weighted by Gasteiger charge is -2.28. The smallest absolute Gasteiger partial charge is 0.226 e. The Kier molecular flexibility index (Phi) is 6.62. The van der Waals surface area contributed by atoms with Crippen LogP contribution in [0.15, 0.2) is 24.3 Å². The Morgan fingerprint density at radius 2 is 1.89 bits per heavy atom. The Morgan fingerprint density at radius 3 is 2.52 bits per heavy atom. The maximum absolute atomic E-state index is 13.1. The number of hydrogen-bond donors (Lipinski definition) is 0. The Balaban J connectivity index is 1.78. The largest absolute Gasteiger partial charge is 0.378 e. The molecular formula is C19H28FN5OS. The molecule has 0 spiro atoms. The van der Waals surface area contributed by atoms with E-state index in [-0.39, 0.29) is 5.82 Å². The van der Waals surface area contributed by atoms with Gasteiger partial charge in [-0.05, 0) is 42.9 Å². The average Bonchev–Trinajstić information content (AvgIpc) is 2.93. The molecule has 0 amide bonds. The standard InChI is InChI=1S/C19H28FN5OS/c1-15(2)12-24-18(23-8-10-26-11-9-23)21-25(19(24)27)14-22(3)13-16-4-6-17(20)7-5-16/h4-7,15H,8-14H2,1-3H3. The summed E-state index contributed by atoms with van der Waals surface area (Å²) in [6.07, 6.45) is 0. The van der Waals surface area contributed by atoms with Gasteiger partial charge in [-0.15, -0.1) is 5.10 Å². The zero-order valence-corrected chi connectivity index (χ0v) is 17.1. The first-order valence-electron chi connectivity index (χ1n) is 9.37. The minimum atomic E-state index is -0.216. The normalized spacial score (nSPS) is 15.1. The van der Waals surface area contributed by atoms with Crippen molar-refractivity contribution in [2.75, 3.05) is 38.3 Å². The molecule has 1 aromatic heterocycles. The van der Waals surface area contributed by atoms with Crippen LogP contribution in [0.25, 0.3) is 0 Å². The van der Waals surface area contributed by atoms with Gasteiger partial charge in [-0.2, -0.15) is 0 Å².